The second kappa shape index (κ2) is 6.73. The number of likely N-dealkylation sites (tertiary alicyclic amines) is 1. The summed E-state index contributed by atoms with van der Waals surface area (Å²) in [7, 11) is 1.59. The van der Waals surface area contributed by atoms with Crippen LogP contribution >= 0.6 is 0 Å². The molecule has 3 fully saturated rings. The maximum atomic E-state index is 14.0. The molecule has 6 nitrogen and oxygen atoms in total. The standard InChI is InChI=1S/C16H25FN2O4/c1-22-9-6-18-14(20)11-3-8-23-13-2-7-19(10-12(11)13)15(21)16(17)4-5-16/h11-13H,2-10H2,1H3,(H,18,20)/t11-,12+,13-/m1/s1. The first-order chi connectivity index (χ1) is 11.0. The van der Waals surface area contributed by atoms with E-state index in [2.05, 4.69) is 5.32 Å². The van der Waals surface area contributed by atoms with Crippen LogP contribution < -0.4 is 5.32 Å². The van der Waals surface area contributed by atoms with Gasteiger partial charge in [0, 0.05) is 45.2 Å². The van der Waals surface area contributed by atoms with Gasteiger partial charge in [-0.25, -0.2) is 4.39 Å². The van der Waals surface area contributed by atoms with Crippen molar-refractivity contribution in [1.29, 1.82) is 0 Å². The molecule has 0 bridgehead atoms. The predicted molar refractivity (Wildman–Crippen MR) is 80.5 cm³/mol. The molecule has 0 aromatic heterocycles. The van der Waals surface area contributed by atoms with Gasteiger partial charge in [0.05, 0.1) is 12.7 Å². The lowest BCUT2D eigenvalue weighted by Crippen LogP contribution is -2.56. The van der Waals surface area contributed by atoms with Gasteiger partial charge in [0.2, 0.25) is 5.91 Å². The average Bonchev–Trinajstić information content (AvgIpc) is 3.32. The molecule has 2 heterocycles. The van der Waals surface area contributed by atoms with Crippen molar-refractivity contribution in [3.63, 3.8) is 0 Å². The van der Waals surface area contributed by atoms with Crippen molar-refractivity contribution in [1.82, 2.24) is 10.2 Å². The highest BCUT2D eigenvalue weighted by atomic mass is 19.1. The first-order valence-electron chi connectivity index (χ1n) is 8.42. The fourth-order valence-electron chi connectivity index (χ4n) is 3.64. The van der Waals surface area contributed by atoms with Crippen molar-refractivity contribution in [3.8, 4) is 0 Å². The number of nitrogens with one attached hydrogen (secondary N) is 1. The molecule has 7 heteroatoms. The third-order valence-corrected chi connectivity index (χ3v) is 5.17. The van der Waals surface area contributed by atoms with E-state index in [1.54, 1.807) is 12.0 Å². The normalized spacial score (nSPS) is 32.1. The zero-order chi connectivity index (χ0) is 16.4. The number of rotatable bonds is 5. The second-order valence-electron chi connectivity index (χ2n) is 6.76. The van der Waals surface area contributed by atoms with Crippen LogP contribution in [0.1, 0.15) is 25.7 Å². The highest BCUT2D eigenvalue weighted by Gasteiger charge is 2.54. The fourth-order valence-corrected chi connectivity index (χ4v) is 3.64. The van der Waals surface area contributed by atoms with Crippen molar-refractivity contribution >= 4 is 11.8 Å². The third kappa shape index (κ3) is 3.50. The maximum Gasteiger partial charge on any atom is 0.260 e. The summed E-state index contributed by atoms with van der Waals surface area (Å²) in [6.45, 7) is 2.43. The minimum atomic E-state index is -1.64. The predicted octanol–water partition coefficient (Wildman–Crippen LogP) is 0.505. The van der Waals surface area contributed by atoms with E-state index in [0.717, 1.165) is 0 Å². The Morgan fingerprint density at radius 2 is 2.17 bits per heavy atom. The lowest BCUT2D eigenvalue weighted by Gasteiger charge is -2.44. The monoisotopic (exact) mass is 328 g/mol. The van der Waals surface area contributed by atoms with Crippen LogP contribution in [0.3, 0.4) is 0 Å². The minimum absolute atomic E-state index is 0.0132. The summed E-state index contributed by atoms with van der Waals surface area (Å²) in [6, 6.07) is 0. The molecule has 3 atom stereocenters. The first kappa shape index (κ1) is 16.6. The zero-order valence-electron chi connectivity index (χ0n) is 13.6. The van der Waals surface area contributed by atoms with Gasteiger partial charge >= 0.3 is 0 Å². The molecule has 1 aliphatic carbocycles. The number of methoxy groups -OCH3 is 1. The lowest BCUT2D eigenvalue weighted by molar-refractivity contribution is -0.154. The molecule has 3 rings (SSSR count). The molecule has 2 saturated heterocycles. The van der Waals surface area contributed by atoms with Crippen LogP contribution in [0.15, 0.2) is 0 Å². The molecule has 23 heavy (non-hydrogen) atoms. The highest BCUT2D eigenvalue weighted by molar-refractivity contribution is 5.88. The number of alkyl halides is 1. The summed E-state index contributed by atoms with van der Waals surface area (Å²) in [5.74, 6) is -0.654. The molecule has 0 unspecified atom stereocenters. The van der Waals surface area contributed by atoms with Crippen LogP contribution in [0.4, 0.5) is 4.39 Å². The quantitative estimate of drug-likeness (QED) is 0.747. The van der Waals surface area contributed by atoms with Gasteiger partial charge in [0.25, 0.3) is 5.91 Å². The Kier molecular flexibility index (Phi) is 4.87. The van der Waals surface area contributed by atoms with E-state index in [0.29, 0.717) is 58.5 Å². The topological polar surface area (TPSA) is 67.9 Å². The van der Waals surface area contributed by atoms with E-state index >= 15 is 0 Å². The molecule has 0 spiro atoms. The Bertz CT molecular complexity index is 469. The molecule has 3 aliphatic rings. The molecule has 0 radical (unpaired) electrons. The van der Waals surface area contributed by atoms with Gasteiger partial charge < -0.3 is 19.7 Å². The molecule has 0 aromatic carbocycles. The molecule has 130 valence electrons. The minimum Gasteiger partial charge on any atom is -0.383 e. The van der Waals surface area contributed by atoms with Gasteiger partial charge in [-0.1, -0.05) is 0 Å². The maximum absolute atomic E-state index is 14.0. The van der Waals surface area contributed by atoms with Crippen molar-refractivity contribution in [2.75, 3.05) is 40.0 Å². The Hall–Kier alpha value is -1.21. The van der Waals surface area contributed by atoms with Crippen LogP contribution in [0.25, 0.3) is 0 Å². The number of carbonyl (C=O) groups excluding carboxylic acids is 2. The van der Waals surface area contributed by atoms with Gasteiger partial charge in [-0.15, -0.1) is 0 Å². The number of carbonyl (C=O) groups is 2. The van der Waals surface area contributed by atoms with Gasteiger partial charge in [-0.2, -0.15) is 0 Å². The molecule has 1 N–H and O–H groups in total. The number of hydrogen-bond acceptors (Lipinski definition) is 4. The summed E-state index contributed by atoms with van der Waals surface area (Å²) in [6.07, 6.45) is 1.96. The summed E-state index contributed by atoms with van der Waals surface area (Å²) in [4.78, 5) is 26.2. The van der Waals surface area contributed by atoms with Gasteiger partial charge in [0.1, 0.15) is 0 Å². The van der Waals surface area contributed by atoms with Crippen LogP contribution in [0, 0.1) is 11.8 Å². The van der Waals surface area contributed by atoms with Gasteiger partial charge in [-0.05, 0) is 25.7 Å². The Morgan fingerprint density at radius 1 is 1.39 bits per heavy atom. The van der Waals surface area contributed by atoms with E-state index in [-0.39, 0.29) is 23.8 Å². The van der Waals surface area contributed by atoms with Crippen LogP contribution in [0.5, 0.6) is 0 Å². The Morgan fingerprint density at radius 3 is 2.87 bits per heavy atom. The zero-order valence-corrected chi connectivity index (χ0v) is 13.6. The summed E-state index contributed by atoms with van der Waals surface area (Å²) < 4.78 is 24.8. The van der Waals surface area contributed by atoms with Gasteiger partial charge in [0.15, 0.2) is 5.67 Å². The number of fused-ring (bicyclic) bond motifs is 1. The summed E-state index contributed by atoms with van der Waals surface area (Å²) >= 11 is 0. The SMILES string of the molecule is COCCNC(=O)[C@@H]1CCO[C@@H]2CCN(C(=O)C3(F)CC3)C[C@H]21. The molecular weight excluding hydrogens is 303 g/mol. The second-order valence-corrected chi connectivity index (χ2v) is 6.76. The number of ether oxygens (including phenoxy) is 2. The Balaban J connectivity index is 1.62. The third-order valence-electron chi connectivity index (χ3n) is 5.17. The highest BCUT2D eigenvalue weighted by Crippen LogP contribution is 2.43. The molecule has 1 saturated carbocycles. The number of piperidine rings is 1. The van der Waals surface area contributed by atoms with Crippen molar-refractivity contribution < 1.29 is 23.5 Å². The van der Waals surface area contributed by atoms with Gasteiger partial charge in [-0.3, -0.25) is 9.59 Å². The van der Waals surface area contributed by atoms with Crippen molar-refractivity contribution in [3.05, 3.63) is 0 Å². The lowest BCUT2D eigenvalue weighted by atomic mass is 9.79. The number of halogens is 1. The van der Waals surface area contributed by atoms with E-state index in [9.17, 15) is 14.0 Å². The van der Waals surface area contributed by atoms with Crippen LogP contribution in [-0.4, -0.2) is 68.4 Å². The van der Waals surface area contributed by atoms with E-state index in [1.165, 1.54) is 0 Å². The number of amides is 2. The van der Waals surface area contributed by atoms with E-state index < -0.39 is 11.6 Å². The van der Waals surface area contributed by atoms with Crippen molar-refractivity contribution in [2.45, 2.75) is 37.5 Å². The van der Waals surface area contributed by atoms with Crippen LogP contribution in [0.2, 0.25) is 0 Å². The first-order valence-corrected chi connectivity index (χ1v) is 8.42. The number of hydrogen-bond donors (Lipinski definition) is 1. The molecule has 0 aromatic rings. The molecule has 2 amide bonds. The average molecular weight is 328 g/mol. The summed E-state index contributed by atoms with van der Waals surface area (Å²) in [5.41, 5.74) is -1.64. The number of nitrogens with zero attached hydrogens (tertiary/aromatic N) is 1. The van der Waals surface area contributed by atoms with E-state index in [4.69, 9.17) is 9.47 Å². The molecular formula is C16H25FN2O4. The fraction of sp³-hybridized carbons (Fsp3) is 0.875. The van der Waals surface area contributed by atoms with Crippen LogP contribution in [-0.2, 0) is 19.1 Å². The molecule has 2 aliphatic heterocycles. The summed E-state index contributed by atoms with van der Waals surface area (Å²) in [5, 5.41) is 2.88. The Labute approximate surface area is 135 Å². The largest absolute Gasteiger partial charge is 0.383 e. The smallest absolute Gasteiger partial charge is 0.260 e. The van der Waals surface area contributed by atoms with Crippen molar-refractivity contribution in [2.24, 2.45) is 11.8 Å². The van der Waals surface area contributed by atoms with E-state index in [1.807, 2.05) is 0 Å².